The van der Waals surface area contributed by atoms with E-state index in [9.17, 15) is 9.90 Å². The number of phenolic OH excluding ortho intramolecular Hbond substituents is 1. The first-order valence-corrected chi connectivity index (χ1v) is 6.32. The second kappa shape index (κ2) is 4.46. The van der Waals surface area contributed by atoms with E-state index in [0.29, 0.717) is 17.1 Å². The normalized spacial score (nSPS) is 17.2. The molecule has 1 aliphatic rings. The molecule has 3 rings (SSSR count). The van der Waals surface area contributed by atoms with Crippen molar-refractivity contribution in [3.05, 3.63) is 53.0 Å². The van der Waals surface area contributed by atoms with Gasteiger partial charge in [-0.1, -0.05) is 12.1 Å². The lowest BCUT2D eigenvalue weighted by atomic mass is 10.1. The van der Waals surface area contributed by atoms with Crippen LogP contribution in [0.5, 0.6) is 5.75 Å². The summed E-state index contributed by atoms with van der Waals surface area (Å²) in [6, 6.07) is 7.08. The summed E-state index contributed by atoms with van der Waals surface area (Å²) in [5.41, 5.74) is 2.51. The average molecular weight is 257 g/mol. The second-order valence-corrected chi connectivity index (χ2v) is 4.80. The van der Waals surface area contributed by atoms with Crippen molar-refractivity contribution in [2.24, 2.45) is 0 Å². The highest BCUT2D eigenvalue weighted by Gasteiger charge is 2.26. The number of carbonyl (C=O) groups excluding carboxylic acids is 1. The lowest BCUT2D eigenvalue weighted by molar-refractivity contribution is 0.0935. The molecule has 0 aliphatic heterocycles. The van der Waals surface area contributed by atoms with Gasteiger partial charge in [0.1, 0.15) is 11.5 Å². The van der Waals surface area contributed by atoms with Crippen LogP contribution in [0.2, 0.25) is 0 Å². The van der Waals surface area contributed by atoms with Crippen LogP contribution in [0.4, 0.5) is 0 Å². The van der Waals surface area contributed by atoms with Crippen molar-refractivity contribution in [3.8, 4) is 5.75 Å². The van der Waals surface area contributed by atoms with Crippen LogP contribution in [-0.4, -0.2) is 11.0 Å². The Morgan fingerprint density at radius 2 is 2.26 bits per heavy atom. The highest BCUT2D eigenvalue weighted by molar-refractivity contribution is 5.95. The minimum absolute atomic E-state index is 0.0381. The number of hydrogen-bond acceptors (Lipinski definition) is 3. The van der Waals surface area contributed by atoms with E-state index in [-0.39, 0.29) is 11.9 Å². The minimum atomic E-state index is -0.132. The maximum absolute atomic E-state index is 12.1. The number of furan rings is 1. The Labute approximate surface area is 111 Å². The largest absolute Gasteiger partial charge is 0.508 e. The molecule has 1 heterocycles. The third kappa shape index (κ3) is 1.99. The van der Waals surface area contributed by atoms with Gasteiger partial charge >= 0.3 is 0 Å². The number of carbonyl (C=O) groups is 1. The van der Waals surface area contributed by atoms with E-state index >= 15 is 0 Å². The van der Waals surface area contributed by atoms with Gasteiger partial charge in [0.25, 0.3) is 5.91 Å². The van der Waals surface area contributed by atoms with E-state index < -0.39 is 0 Å². The van der Waals surface area contributed by atoms with Crippen molar-refractivity contribution >= 4 is 5.91 Å². The molecule has 19 heavy (non-hydrogen) atoms. The van der Waals surface area contributed by atoms with Crippen molar-refractivity contribution in [1.29, 1.82) is 0 Å². The van der Waals surface area contributed by atoms with Crippen molar-refractivity contribution in [2.45, 2.75) is 25.8 Å². The molecule has 1 aliphatic carbocycles. The Morgan fingerprint density at radius 3 is 3.00 bits per heavy atom. The molecular weight excluding hydrogens is 242 g/mol. The molecule has 0 spiro atoms. The Morgan fingerprint density at radius 1 is 1.42 bits per heavy atom. The fourth-order valence-electron chi connectivity index (χ4n) is 2.64. The lowest BCUT2D eigenvalue weighted by Crippen LogP contribution is -2.27. The third-order valence-corrected chi connectivity index (χ3v) is 3.65. The predicted octanol–water partition coefficient (Wildman–Crippen LogP) is 2.71. The molecule has 1 aromatic heterocycles. The van der Waals surface area contributed by atoms with Crippen molar-refractivity contribution in [1.82, 2.24) is 5.32 Å². The summed E-state index contributed by atoms with van der Waals surface area (Å²) >= 11 is 0. The van der Waals surface area contributed by atoms with Gasteiger partial charge in [0.15, 0.2) is 0 Å². The van der Waals surface area contributed by atoms with Crippen LogP contribution in [0.1, 0.15) is 39.7 Å². The molecule has 0 saturated heterocycles. The van der Waals surface area contributed by atoms with Crippen LogP contribution in [0.25, 0.3) is 0 Å². The molecule has 0 saturated carbocycles. The number of aromatic hydroxyl groups is 1. The lowest BCUT2D eigenvalue weighted by Gasteiger charge is -2.14. The Kier molecular flexibility index (Phi) is 2.78. The molecule has 0 radical (unpaired) electrons. The molecule has 4 heteroatoms. The van der Waals surface area contributed by atoms with Crippen molar-refractivity contribution < 1.29 is 14.3 Å². The fraction of sp³-hybridized carbons (Fsp3) is 0.267. The number of amides is 1. The zero-order chi connectivity index (χ0) is 13.4. The first-order chi connectivity index (χ1) is 9.16. The molecule has 0 bridgehead atoms. The van der Waals surface area contributed by atoms with Gasteiger partial charge in [-0.25, -0.2) is 0 Å². The Bertz CT molecular complexity index is 630. The van der Waals surface area contributed by atoms with Crippen LogP contribution >= 0.6 is 0 Å². The van der Waals surface area contributed by atoms with Crippen molar-refractivity contribution in [2.75, 3.05) is 0 Å². The molecule has 0 unspecified atom stereocenters. The monoisotopic (exact) mass is 257 g/mol. The summed E-state index contributed by atoms with van der Waals surface area (Å²) < 4.78 is 5.14. The number of nitrogens with one attached hydrogen (secondary N) is 1. The minimum Gasteiger partial charge on any atom is -0.508 e. The zero-order valence-electron chi connectivity index (χ0n) is 10.6. The number of fused-ring (bicyclic) bond motifs is 1. The first kappa shape index (κ1) is 11.8. The summed E-state index contributed by atoms with van der Waals surface area (Å²) in [5, 5.41) is 12.8. The quantitative estimate of drug-likeness (QED) is 0.869. The van der Waals surface area contributed by atoms with E-state index in [4.69, 9.17) is 4.42 Å². The molecule has 4 nitrogen and oxygen atoms in total. The van der Waals surface area contributed by atoms with Crippen LogP contribution in [0.3, 0.4) is 0 Å². The van der Waals surface area contributed by atoms with E-state index in [1.807, 2.05) is 12.1 Å². The molecule has 2 N–H and O–H groups in total. The topological polar surface area (TPSA) is 62.5 Å². The van der Waals surface area contributed by atoms with Gasteiger partial charge < -0.3 is 14.8 Å². The molecule has 1 amide bonds. The molecular formula is C15H15NO3. The molecule has 0 fully saturated rings. The summed E-state index contributed by atoms with van der Waals surface area (Å²) in [6.45, 7) is 1.77. The smallest absolute Gasteiger partial charge is 0.255 e. The number of benzene rings is 1. The maximum atomic E-state index is 12.1. The number of aryl methyl sites for hydroxylation is 1. The average Bonchev–Trinajstić information content (AvgIpc) is 2.97. The zero-order valence-corrected chi connectivity index (χ0v) is 10.6. The Balaban J connectivity index is 1.82. The first-order valence-electron chi connectivity index (χ1n) is 6.32. The van der Waals surface area contributed by atoms with Gasteiger partial charge in [0.05, 0.1) is 17.9 Å². The predicted molar refractivity (Wildman–Crippen MR) is 70.1 cm³/mol. The van der Waals surface area contributed by atoms with Gasteiger partial charge in [-0.15, -0.1) is 0 Å². The van der Waals surface area contributed by atoms with E-state index in [0.717, 1.165) is 24.0 Å². The summed E-state index contributed by atoms with van der Waals surface area (Å²) in [7, 11) is 0. The molecule has 1 aromatic carbocycles. The fourth-order valence-corrected chi connectivity index (χ4v) is 2.64. The van der Waals surface area contributed by atoms with Crippen molar-refractivity contribution in [3.63, 3.8) is 0 Å². The molecule has 98 valence electrons. The van der Waals surface area contributed by atoms with Crippen LogP contribution in [0.15, 0.2) is 34.9 Å². The van der Waals surface area contributed by atoms with E-state index in [1.165, 1.54) is 6.26 Å². The number of rotatable bonds is 2. The molecule has 1 atom stereocenters. The summed E-state index contributed by atoms with van der Waals surface area (Å²) in [4.78, 5) is 12.1. The van der Waals surface area contributed by atoms with Crippen LogP contribution < -0.4 is 5.32 Å². The van der Waals surface area contributed by atoms with E-state index in [2.05, 4.69) is 5.32 Å². The van der Waals surface area contributed by atoms with Gasteiger partial charge in [-0.3, -0.25) is 4.79 Å². The second-order valence-electron chi connectivity index (χ2n) is 4.80. The van der Waals surface area contributed by atoms with Gasteiger partial charge in [0, 0.05) is 0 Å². The molecule has 2 aromatic rings. The van der Waals surface area contributed by atoms with Crippen LogP contribution in [0, 0.1) is 6.92 Å². The highest BCUT2D eigenvalue weighted by Crippen LogP contribution is 2.36. The van der Waals surface area contributed by atoms with Gasteiger partial charge in [0.2, 0.25) is 0 Å². The summed E-state index contributed by atoms with van der Waals surface area (Å²) in [5.74, 6) is 0.799. The third-order valence-electron chi connectivity index (χ3n) is 3.65. The highest BCUT2D eigenvalue weighted by atomic mass is 16.3. The SMILES string of the molecule is Cc1occc1C(=O)N[C@H]1CCc2c(O)cccc21. The summed E-state index contributed by atoms with van der Waals surface area (Å²) in [6.07, 6.45) is 3.12. The standard InChI is InChI=1S/C15H15NO3/c1-9-10(7-8-19-9)15(18)16-13-6-5-12-11(13)3-2-4-14(12)17/h2-4,7-8,13,17H,5-6H2,1H3,(H,16,18)/t13-/m0/s1. The van der Waals surface area contributed by atoms with Gasteiger partial charge in [-0.2, -0.15) is 0 Å². The Hall–Kier alpha value is -2.23. The van der Waals surface area contributed by atoms with E-state index in [1.54, 1.807) is 19.1 Å². The maximum Gasteiger partial charge on any atom is 0.255 e. The van der Waals surface area contributed by atoms with Gasteiger partial charge in [-0.05, 0) is 43.0 Å². The number of phenols is 1. The van der Waals surface area contributed by atoms with Crippen LogP contribution in [-0.2, 0) is 6.42 Å². The number of hydrogen-bond donors (Lipinski definition) is 2.